The minimum atomic E-state index is 0.0770. The monoisotopic (exact) mass is 240 g/mol. The van der Waals surface area contributed by atoms with Crippen LogP contribution in [0.5, 0.6) is 0 Å². The molecule has 94 valence electrons. The van der Waals surface area contributed by atoms with Crippen molar-refractivity contribution in [1.29, 1.82) is 0 Å². The highest BCUT2D eigenvalue weighted by Gasteiger charge is 2.17. The van der Waals surface area contributed by atoms with Crippen molar-refractivity contribution < 1.29 is 4.79 Å². The van der Waals surface area contributed by atoms with E-state index in [1.807, 2.05) is 6.07 Å². The third kappa shape index (κ3) is 2.31. The summed E-state index contributed by atoms with van der Waals surface area (Å²) in [6, 6.07) is 6.26. The second-order valence-electron chi connectivity index (χ2n) is 5.94. The Morgan fingerprint density at radius 3 is 2.44 bits per heavy atom. The predicted molar refractivity (Wildman–Crippen MR) is 76.9 cm³/mol. The number of carbonyl (C=O) groups excluding carboxylic acids is 1. The first-order chi connectivity index (χ1) is 8.43. The van der Waals surface area contributed by atoms with Gasteiger partial charge in [-0.05, 0) is 47.1 Å². The largest absolute Gasteiger partial charge is 0.298 e. The summed E-state index contributed by atoms with van der Waals surface area (Å²) in [5.74, 6) is 0. The molecular weight excluding hydrogens is 220 g/mol. The SMILES string of the molecule is CC1=C(c2ccc(C(C)(C)C)cc2C=O)CC=C1. The zero-order valence-electron chi connectivity index (χ0n) is 11.6. The Bertz CT molecular complexity index is 539. The van der Waals surface area contributed by atoms with E-state index in [2.05, 4.69) is 52.0 Å². The number of hydrogen-bond acceptors (Lipinski definition) is 1. The molecule has 0 saturated carbocycles. The molecule has 1 nitrogen and oxygen atoms in total. The maximum atomic E-state index is 11.3. The number of aldehydes is 1. The summed E-state index contributed by atoms with van der Waals surface area (Å²) in [6.07, 6.45) is 6.18. The van der Waals surface area contributed by atoms with Crippen molar-refractivity contribution in [2.75, 3.05) is 0 Å². The summed E-state index contributed by atoms with van der Waals surface area (Å²) < 4.78 is 0. The lowest BCUT2D eigenvalue weighted by molar-refractivity contribution is 0.112. The quantitative estimate of drug-likeness (QED) is 0.694. The van der Waals surface area contributed by atoms with Crippen LogP contribution in [0.3, 0.4) is 0 Å². The van der Waals surface area contributed by atoms with Gasteiger partial charge in [-0.15, -0.1) is 0 Å². The van der Waals surface area contributed by atoms with Gasteiger partial charge in [0.2, 0.25) is 0 Å². The van der Waals surface area contributed by atoms with Gasteiger partial charge in [-0.3, -0.25) is 4.79 Å². The molecule has 18 heavy (non-hydrogen) atoms. The summed E-state index contributed by atoms with van der Waals surface area (Å²) in [6.45, 7) is 8.60. The number of hydrogen-bond donors (Lipinski definition) is 0. The van der Waals surface area contributed by atoms with E-state index in [4.69, 9.17) is 0 Å². The zero-order valence-corrected chi connectivity index (χ0v) is 11.6. The first kappa shape index (κ1) is 12.8. The van der Waals surface area contributed by atoms with E-state index in [1.165, 1.54) is 16.7 Å². The molecule has 1 aliphatic rings. The van der Waals surface area contributed by atoms with Crippen molar-refractivity contribution in [1.82, 2.24) is 0 Å². The number of allylic oxidation sites excluding steroid dienone is 4. The van der Waals surface area contributed by atoms with E-state index in [1.54, 1.807) is 0 Å². The molecule has 1 aromatic rings. The molecule has 0 N–H and O–H groups in total. The fourth-order valence-electron chi connectivity index (χ4n) is 2.34. The van der Waals surface area contributed by atoms with Crippen LogP contribution in [0.25, 0.3) is 5.57 Å². The van der Waals surface area contributed by atoms with Crippen molar-refractivity contribution in [3.8, 4) is 0 Å². The standard InChI is InChI=1S/C17H20O/c1-12-6-5-7-15(12)16-9-8-14(17(2,3)4)10-13(16)11-18/h5-6,8-11H,7H2,1-4H3. The van der Waals surface area contributed by atoms with Gasteiger partial charge in [0, 0.05) is 5.56 Å². The van der Waals surface area contributed by atoms with Gasteiger partial charge in [-0.2, -0.15) is 0 Å². The summed E-state index contributed by atoms with van der Waals surface area (Å²) in [4.78, 5) is 11.3. The fourth-order valence-corrected chi connectivity index (χ4v) is 2.34. The second kappa shape index (κ2) is 4.56. The van der Waals surface area contributed by atoms with E-state index in [0.29, 0.717) is 0 Å². The van der Waals surface area contributed by atoms with Crippen molar-refractivity contribution >= 4 is 11.9 Å². The highest BCUT2D eigenvalue weighted by molar-refractivity contribution is 5.88. The molecular formula is C17H20O. The van der Waals surface area contributed by atoms with Crippen molar-refractivity contribution in [3.05, 3.63) is 52.6 Å². The summed E-state index contributed by atoms with van der Waals surface area (Å²) in [5.41, 5.74) is 5.71. The Labute approximate surface area is 109 Å². The molecule has 0 radical (unpaired) electrons. The first-order valence-corrected chi connectivity index (χ1v) is 6.40. The third-order valence-corrected chi connectivity index (χ3v) is 3.54. The van der Waals surface area contributed by atoms with Gasteiger partial charge < -0.3 is 0 Å². The molecule has 0 atom stereocenters. The molecule has 0 spiro atoms. The van der Waals surface area contributed by atoms with Crippen LogP contribution in [0.2, 0.25) is 0 Å². The molecule has 1 heteroatoms. The Balaban J connectivity index is 2.52. The van der Waals surface area contributed by atoms with Gasteiger partial charge in [-0.1, -0.05) is 45.1 Å². The molecule has 0 aliphatic heterocycles. The molecule has 2 rings (SSSR count). The Hall–Kier alpha value is -1.63. The smallest absolute Gasteiger partial charge is 0.150 e. The summed E-state index contributed by atoms with van der Waals surface area (Å²) in [7, 11) is 0. The topological polar surface area (TPSA) is 17.1 Å². The Kier molecular flexibility index (Phi) is 3.25. The molecule has 0 heterocycles. The van der Waals surface area contributed by atoms with Crippen LogP contribution in [0.1, 0.15) is 55.6 Å². The summed E-state index contributed by atoms with van der Waals surface area (Å²) in [5, 5.41) is 0. The number of benzene rings is 1. The third-order valence-electron chi connectivity index (χ3n) is 3.54. The zero-order chi connectivity index (χ0) is 13.3. The number of rotatable bonds is 2. The van der Waals surface area contributed by atoms with Crippen LogP contribution in [-0.2, 0) is 5.41 Å². The molecule has 0 amide bonds. The maximum absolute atomic E-state index is 11.3. The van der Waals surface area contributed by atoms with Crippen LogP contribution in [0, 0.1) is 0 Å². The lowest BCUT2D eigenvalue weighted by Gasteiger charge is -2.20. The van der Waals surface area contributed by atoms with Crippen LogP contribution < -0.4 is 0 Å². The fraction of sp³-hybridized carbons (Fsp3) is 0.353. The highest BCUT2D eigenvalue weighted by Crippen LogP contribution is 2.32. The van der Waals surface area contributed by atoms with Crippen molar-refractivity contribution in [3.63, 3.8) is 0 Å². The van der Waals surface area contributed by atoms with Gasteiger partial charge >= 0.3 is 0 Å². The van der Waals surface area contributed by atoms with Crippen LogP contribution in [-0.4, -0.2) is 6.29 Å². The first-order valence-electron chi connectivity index (χ1n) is 6.40. The van der Waals surface area contributed by atoms with E-state index >= 15 is 0 Å². The van der Waals surface area contributed by atoms with E-state index < -0.39 is 0 Å². The minimum absolute atomic E-state index is 0.0770. The van der Waals surface area contributed by atoms with Crippen LogP contribution in [0.15, 0.2) is 35.9 Å². The second-order valence-corrected chi connectivity index (χ2v) is 5.94. The van der Waals surface area contributed by atoms with Crippen molar-refractivity contribution in [2.24, 2.45) is 0 Å². The van der Waals surface area contributed by atoms with E-state index in [-0.39, 0.29) is 5.41 Å². The Morgan fingerprint density at radius 1 is 1.22 bits per heavy atom. The molecule has 0 unspecified atom stereocenters. The summed E-state index contributed by atoms with van der Waals surface area (Å²) >= 11 is 0. The van der Waals surface area contributed by atoms with Gasteiger partial charge in [0.15, 0.2) is 6.29 Å². The highest BCUT2D eigenvalue weighted by atomic mass is 16.1. The van der Waals surface area contributed by atoms with Crippen LogP contribution >= 0.6 is 0 Å². The Morgan fingerprint density at radius 2 is 1.94 bits per heavy atom. The van der Waals surface area contributed by atoms with Gasteiger partial charge in [0.1, 0.15) is 0 Å². The van der Waals surface area contributed by atoms with Gasteiger partial charge in [0.05, 0.1) is 0 Å². The average Bonchev–Trinajstić information content (AvgIpc) is 2.73. The molecule has 1 aliphatic carbocycles. The lowest BCUT2D eigenvalue weighted by Crippen LogP contribution is -2.12. The minimum Gasteiger partial charge on any atom is -0.298 e. The van der Waals surface area contributed by atoms with Gasteiger partial charge in [-0.25, -0.2) is 0 Å². The normalized spacial score (nSPS) is 15.3. The molecule has 0 aromatic heterocycles. The van der Waals surface area contributed by atoms with E-state index in [0.717, 1.165) is 23.8 Å². The van der Waals surface area contributed by atoms with E-state index in [9.17, 15) is 4.79 Å². The average molecular weight is 240 g/mol. The number of carbonyl (C=O) groups is 1. The molecule has 1 aromatic carbocycles. The maximum Gasteiger partial charge on any atom is 0.150 e. The molecule has 0 saturated heterocycles. The molecule has 0 bridgehead atoms. The van der Waals surface area contributed by atoms with Crippen LogP contribution in [0.4, 0.5) is 0 Å². The molecule has 0 fully saturated rings. The lowest BCUT2D eigenvalue weighted by atomic mass is 9.84. The predicted octanol–water partition coefficient (Wildman–Crippen LogP) is 4.53. The van der Waals surface area contributed by atoms with Crippen molar-refractivity contribution in [2.45, 2.75) is 39.5 Å². The van der Waals surface area contributed by atoms with Gasteiger partial charge in [0.25, 0.3) is 0 Å².